The number of hydrogen-bond donors (Lipinski definition) is 0. The van der Waals surface area contributed by atoms with Gasteiger partial charge < -0.3 is 0 Å². The van der Waals surface area contributed by atoms with Crippen LogP contribution in [0.1, 0.15) is 104 Å². The number of unbranched alkanes of at least 4 members (excludes halogenated alkanes) is 6. The van der Waals surface area contributed by atoms with Gasteiger partial charge in [-0.1, -0.05) is 39.5 Å². The van der Waals surface area contributed by atoms with E-state index in [0.29, 0.717) is 25.7 Å². The quantitative estimate of drug-likeness (QED) is 0.175. The van der Waals surface area contributed by atoms with E-state index in [1.807, 2.05) is 38.1 Å². The molecular weight excluding hydrogens is 512 g/mol. The van der Waals surface area contributed by atoms with Crippen molar-refractivity contribution in [1.82, 2.24) is 8.61 Å². The van der Waals surface area contributed by atoms with E-state index in [9.17, 15) is 16.8 Å². The van der Waals surface area contributed by atoms with Gasteiger partial charge >= 0.3 is 0 Å². The third-order valence-corrected chi connectivity index (χ3v) is 12.3. The van der Waals surface area contributed by atoms with Gasteiger partial charge in [0.2, 0.25) is 24.1 Å². The van der Waals surface area contributed by atoms with Gasteiger partial charge in [0.25, 0.3) is 0 Å². The van der Waals surface area contributed by atoms with E-state index in [4.69, 9.17) is 21.0 Å². The molecule has 12 heteroatoms. The van der Waals surface area contributed by atoms with Crippen LogP contribution in [0.5, 0.6) is 0 Å². The summed E-state index contributed by atoms with van der Waals surface area (Å²) in [5.41, 5.74) is 0. The van der Waals surface area contributed by atoms with Crippen LogP contribution in [0.4, 0.5) is 0 Å². The zero-order valence-electron chi connectivity index (χ0n) is 22.4. The molecule has 0 aromatic rings. The first-order valence-corrected chi connectivity index (χ1v) is 16.0. The van der Waals surface area contributed by atoms with Crippen molar-refractivity contribution in [2.45, 2.75) is 108 Å². The van der Waals surface area contributed by atoms with Gasteiger partial charge in [0, 0.05) is 51.9 Å². The molecule has 0 heterocycles. The molecule has 0 spiro atoms. The molecule has 208 valence electrons. The Morgan fingerprint density at radius 3 is 1.03 bits per heavy atom. The number of nitrogens with zero attached hydrogens (tertiary/aromatic N) is 6. The lowest BCUT2D eigenvalue weighted by molar-refractivity contribution is 0.354. The van der Waals surface area contributed by atoms with Gasteiger partial charge in [0.05, 0.1) is 24.3 Å². The summed E-state index contributed by atoms with van der Waals surface area (Å²) in [6.45, 7) is 3.75. The standard InChI is InChI=1S/C25H42N6O4S2/c1-3-5-15-25(16-6-4-2,36(32,33)30(21-11-7-17-26)22-12-8-18-27)37(34,35)31(23-13-9-19-28)24-14-10-20-29/h3-16,21-24H2,1-2H3. The van der Waals surface area contributed by atoms with E-state index < -0.39 is 24.1 Å². The topological polar surface area (TPSA) is 170 Å². The minimum Gasteiger partial charge on any atom is -0.210 e. The van der Waals surface area contributed by atoms with E-state index in [0.717, 1.165) is 0 Å². The molecule has 0 aliphatic heterocycles. The SMILES string of the molecule is CCCCC(CCCC)(S(=O)(=O)N(CCCC#N)CCCC#N)S(=O)(=O)N(CCCC#N)CCCC#N. The summed E-state index contributed by atoms with van der Waals surface area (Å²) in [4.78, 5) is 0. The third-order valence-electron chi connectivity index (χ3n) is 6.23. The van der Waals surface area contributed by atoms with Gasteiger partial charge in [0.15, 0.2) is 0 Å². The van der Waals surface area contributed by atoms with Crippen molar-refractivity contribution < 1.29 is 16.8 Å². The highest BCUT2D eigenvalue weighted by atomic mass is 32.3. The Kier molecular flexibility index (Phi) is 17.8. The van der Waals surface area contributed by atoms with E-state index in [-0.39, 0.29) is 90.4 Å². The molecule has 0 bridgehead atoms. The first-order chi connectivity index (χ1) is 17.7. The van der Waals surface area contributed by atoms with Crippen LogP contribution in [0.15, 0.2) is 0 Å². The van der Waals surface area contributed by atoms with Crippen molar-refractivity contribution in [3.63, 3.8) is 0 Å². The van der Waals surface area contributed by atoms with Gasteiger partial charge in [-0.05, 0) is 38.5 Å². The maximum absolute atomic E-state index is 14.4. The highest BCUT2D eigenvalue weighted by Crippen LogP contribution is 2.41. The molecule has 0 rings (SSSR count). The second-order valence-electron chi connectivity index (χ2n) is 8.97. The largest absolute Gasteiger partial charge is 0.235 e. The number of rotatable bonds is 22. The molecule has 10 nitrogen and oxygen atoms in total. The van der Waals surface area contributed by atoms with Gasteiger partial charge in [-0.3, -0.25) is 0 Å². The van der Waals surface area contributed by atoms with E-state index in [1.165, 1.54) is 8.61 Å². The summed E-state index contributed by atoms with van der Waals surface area (Å²) in [7, 11) is -8.88. The average molecular weight is 555 g/mol. The van der Waals surface area contributed by atoms with Gasteiger partial charge in [-0.15, -0.1) is 0 Å². The molecule has 0 atom stereocenters. The third kappa shape index (κ3) is 10.2. The van der Waals surface area contributed by atoms with Crippen LogP contribution in [-0.4, -0.2) is 55.7 Å². The first-order valence-electron chi connectivity index (χ1n) is 13.1. The van der Waals surface area contributed by atoms with Crippen LogP contribution in [-0.2, 0) is 20.0 Å². The molecule has 0 fully saturated rings. The minimum atomic E-state index is -4.44. The van der Waals surface area contributed by atoms with Gasteiger partial charge in [0.1, 0.15) is 0 Å². The van der Waals surface area contributed by atoms with Crippen molar-refractivity contribution in [2.75, 3.05) is 26.2 Å². The highest BCUT2D eigenvalue weighted by Gasteiger charge is 2.57. The van der Waals surface area contributed by atoms with Crippen LogP contribution in [0.2, 0.25) is 0 Å². The normalized spacial score (nSPS) is 12.1. The zero-order valence-corrected chi connectivity index (χ0v) is 24.0. The maximum atomic E-state index is 14.4. The van der Waals surface area contributed by atoms with Crippen LogP contribution in [0.25, 0.3) is 0 Å². The maximum Gasteiger partial charge on any atom is 0.235 e. The number of hydrogen-bond acceptors (Lipinski definition) is 8. The van der Waals surface area contributed by atoms with E-state index >= 15 is 0 Å². The summed E-state index contributed by atoms with van der Waals surface area (Å²) < 4.78 is 57.9. The molecule has 0 radical (unpaired) electrons. The molecular formula is C25H42N6O4S2. The van der Waals surface area contributed by atoms with E-state index in [2.05, 4.69) is 0 Å². The molecule has 0 N–H and O–H groups in total. The molecule has 0 unspecified atom stereocenters. The van der Waals surface area contributed by atoms with Crippen molar-refractivity contribution in [3.8, 4) is 24.3 Å². The van der Waals surface area contributed by atoms with Crippen molar-refractivity contribution >= 4 is 20.0 Å². The Morgan fingerprint density at radius 1 is 0.541 bits per heavy atom. The second kappa shape index (κ2) is 18.9. The molecule has 0 aromatic carbocycles. The van der Waals surface area contributed by atoms with Gasteiger partial charge in [-0.2, -0.15) is 21.0 Å². The van der Waals surface area contributed by atoms with Crippen LogP contribution in [0, 0.1) is 45.3 Å². The fourth-order valence-corrected chi connectivity index (χ4v) is 9.90. The Hall–Kier alpha value is -2.22. The predicted molar refractivity (Wildman–Crippen MR) is 142 cm³/mol. The molecule has 0 saturated heterocycles. The number of sulfonamides is 2. The highest BCUT2D eigenvalue weighted by molar-refractivity contribution is 8.08. The monoisotopic (exact) mass is 554 g/mol. The van der Waals surface area contributed by atoms with Crippen LogP contribution in [0.3, 0.4) is 0 Å². The Bertz CT molecular complexity index is 909. The van der Waals surface area contributed by atoms with Crippen LogP contribution >= 0.6 is 0 Å². The van der Waals surface area contributed by atoms with Crippen molar-refractivity contribution in [3.05, 3.63) is 0 Å². The lowest BCUT2D eigenvalue weighted by atomic mass is 10.1. The lowest BCUT2D eigenvalue weighted by Crippen LogP contribution is -2.58. The fraction of sp³-hybridized carbons (Fsp3) is 0.840. The van der Waals surface area contributed by atoms with Crippen molar-refractivity contribution in [2.24, 2.45) is 0 Å². The Labute approximate surface area is 224 Å². The van der Waals surface area contributed by atoms with E-state index in [1.54, 1.807) is 0 Å². The second-order valence-corrected chi connectivity index (χ2v) is 13.7. The first kappa shape index (κ1) is 34.8. The summed E-state index contributed by atoms with van der Waals surface area (Å²) in [6.07, 6.45) is 3.37. The predicted octanol–water partition coefficient (Wildman–Crippen LogP) is 4.54. The smallest absolute Gasteiger partial charge is 0.210 e. The molecule has 37 heavy (non-hydrogen) atoms. The Morgan fingerprint density at radius 2 is 0.811 bits per heavy atom. The van der Waals surface area contributed by atoms with Crippen molar-refractivity contribution in [1.29, 1.82) is 21.0 Å². The van der Waals surface area contributed by atoms with Crippen LogP contribution < -0.4 is 0 Å². The summed E-state index contributed by atoms with van der Waals surface area (Å²) in [5, 5.41) is 35.9. The number of nitriles is 4. The molecule has 0 aromatic heterocycles. The minimum absolute atomic E-state index is 0.000291. The molecule has 0 amide bonds. The molecule has 0 aliphatic rings. The average Bonchev–Trinajstić information content (AvgIpc) is 2.87. The summed E-state index contributed by atoms with van der Waals surface area (Å²) in [5.74, 6) is 0. The molecule has 0 aliphatic carbocycles. The fourth-order valence-electron chi connectivity index (χ4n) is 4.18. The molecule has 0 saturated carbocycles. The zero-order chi connectivity index (χ0) is 28.2. The summed E-state index contributed by atoms with van der Waals surface area (Å²) >= 11 is 0. The Balaban J connectivity index is 6.91. The summed E-state index contributed by atoms with van der Waals surface area (Å²) in [6, 6.07) is 8.01. The van der Waals surface area contributed by atoms with Gasteiger partial charge in [-0.25, -0.2) is 25.4 Å². The lowest BCUT2D eigenvalue weighted by Gasteiger charge is -2.40.